The van der Waals surface area contributed by atoms with Crippen molar-refractivity contribution in [3.05, 3.63) is 16.6 Å². The number of nitrogens with one attached hydrogen (secondary N) is 2. The molecule has 0 saturated carbocycles. The molecule has 0 amide bonds. The molecule has 0 aliphatic rings. The molecular weight excluding hydrogens is 194 g/mol. The maximum Gasteiger partial charge on any atom is 0.0794 e. The van der Waals surface area contributed by atoms with Gasteiger partial charge in [-0.2, -0.15) is 0 Å². The van der Waals surface area contributed by atoms with Crippen molar-refractivity contribution >= 4 is 11.3 Å². The first-order chi connectivity index (χ1) is 6.64. The molecule has 4 heteroatoms. The van der Waals surface area contributed by atoms with Crippen molar-refractivity contribution in [1.82, 2.24) is 15.6 Å². The van der Waals surface area contributed by atoms with Crippen LogP contribution in [0.4, 0.5) is 0 Å². The highest BCUT2D eigenvalue weighted by atomic mass is 32.1. The van der Waals surface area contributed by atoms with E-state index in [0.29, 0.717) is 0 Å². The monoisotopic (exact) mass is 213 g/mol. The van der Waals surface area contributed by atoms with Gasteiger partial charge in [-0.25, -0.2) is 0 Å². The average Bonchev–Trinajstić information content (AvgIpc) is 2.56. The van der Waals surface area contributed by atoms with Crippen molar-refractivity contribution in [3.8, 4) is 0 Å². The van der Waals surface area contributed by atoms with Crippen LogP contribution in [0.2, 0.25) is 0 Å². The highest BCUT2D eigenvalue weighted by Gasteiger charge is 2.14. The maximum absolute atomic E-state index is 4.04. The Kier molecular flexibility index (Phi) is 4.51. The van der Waals surface area contributed by atoms with Gasteiger partial charge in [0.2, 0.25) is 0 Å². The summed E-state index contributed by atoms with van der Waals surface area (Å²) in [7, 11) is 0. The standard InChI is InChI=1S/C10H19N3S/c1-4-13-10(2,3)7-11-5-9-6-12-8-14-9/h6,8,11,13H,4-5,7H2,1-3H3. The van der Waals surface area contributed by atoms with Crippen LogP contribution < -0.4 is 10.6 Å². The molecule has 0 unspecified atom stereocenters. The first-order valence-corrected chi connectivity index (χ1v) is 5.85. The lowest BCUT2D eigenvalue weighted by molar-refractivity contribution is 0.374. The van der Waals surface area contributed by atoms with E-state index >= 15 is 0 Å². The fraction of sp³-hybridized carbons (Fsp3) is 0.700. The van der Waals surface area contributed by atoms with Crippen LogP contribution in [-0.2, 0) is 6.54 Å². The Hall–Kier alpha value is -0.450. The number of hydrogen-bond donors (Lipinski definition) is 2. The van der Waals surface area contributed by atoms with Gasteiger partial charge in [0.1, 0.15) is 0 Å². The molecule has 0 aliphatic carbocycles. The zero-order valence-corrected chi connectivity index (χ0v) is 9.95. The quantitative estimate of drug-likeness (QED) is 0.754. The Morgan fingerprint density at radius 3 is 2.86 bits per heavy atom. The highest BCUT2D eigenvalue weighted by molar-refractivity contribution is 7.09. The van der Waals surface area contributed by atoms with E-state index in [0.717, 1.165) is 19.6 Å². The van der Waals surface area contributed by atoms with Gasteiger partial charge in [0.15, 0.2) is 0 Å². The van der Waals surface area contributed by atoms with Crippen molar-refractivity contribution in [2.45, 2.75) is 32.9 Å². The van der Waals surface area contributed by atoms with Crippen molar-refractivity contribution in [1.29, 1.82) is 0 Å². The minimum Gasteiger partial charge on any atom is -0.311 e. The zero-order chi connectivity index (χ0) is 10.4. The summed E-state index contributed by atoms with van der Waals surface area (Å²) in [6.07, 6.45) is 1.91. The summed E-state index contributed by atoms with van der Waals surface area (Å²) < 4.78 is 0. The van der Waals surface area contributed by atoms with Crippen molar-refractivity contribution < 1.29 is 0 Å². The minimum absolute atomic E-state index is 0.166. The molecule has 1 rings (SSSR count). The first-order valence-electron chi connectivity index (χ1n) is 4.97. The Balaban J connectivity index is 2.20. The van der Waals surface area contributed by atoms with Crippen LogP contribution >= 0.6 is 11.3 Å². The Morgan fingerprint density at radius 2 is 2.29 bits per heavy atom. The molecular formula is C10H19N3S. The van der Waals surface area contributed by atoms with Gasteiger partial charge < -0.3 is 10.6 Å². The van der Waals surface area contributed by atoms with Crippen LogP contribution in [0.5, 0.6) is 0 Å². The smallest absolute Gasteiger partial charge is 0.0794 e. The summed E-state index contributed by atoms with van der Waals surface area (Å²) in [6, 6.07) is 0. The number of nitrogens with zero attached hydrogens (tertiary/aromatic N) is 1. The van der Waals surface area contributed by atoms with Gasteiger partial charge in [0, 0.05) is 29.7 Å². The molecule has 0 radical (unpaired) electrons. The summed E-state index contributed by atoms with van der Waals surface area (Å²) in [5.41, 5.74) is 2.03. The van der Waals surface area contributed by atoms with Crippen molar-refractivity contribution in [2.24, 2.45) is 0 Å². The predicted molar refractivity (Wildman–Crippen MR) is 61.6 cm³/mol. The molecule has 0 fully saturated rings. The lowest BCUT2D eigenvalue weighted by Gasteiger charge is -2.25. The van der Waals surface area contributed by atoms with E-state index in [4.69, 9.17) is 0 Å². The zero-order valence-electron chi connectivity index (χ0n) is 9.13. The molecule has 1 aromatic rings. The molecule has 0 aliphatic heterocycles. The molecule has 0 atom stereocenters. The van der Waals surface area contributed by atoms with Crippen LogP contribution in [0.25, 0.3) is 0 Å². The molecule has 3 nitrogen and oxygen atoms in total. The van der Waals surface area contributed by atoms with Crippen LogP contribution in [0.1, 0.15) is 25.6 Å². The minimum atomic E-state index is 0.166. The molecule has 0 bridgehead atoms. The lowest BCUT2D eigenvalue weighted by Crippen LogP contribution is -2.47. The Labute approximate surface area is 89.9 Å². The highest BCUT2D eigenvalue weighted by Crippen LogP contribution is 2.05. The Morgan fingerprint density at radius 1 is 1.50 bits per heavy atom. The number of aromatic nitrogens is 1. The SMILES string of the molecule is CCNC(C)(C)CNCc1cncs1. The number of likely N-dealkylation sites (N-methyl/N-ethyl adjacent to an activating group) is 1. The van der Waals surface area contributed by atoms with Crippen LogP contribution in [0.3, 0.4) is 0 Å². The number of hydrogen-bond acceptors (Lipinski definition) is 4. The second-order valence-corrected chi connectivity index (χ2v) is 4.96. The molecule has 80 valence electrons. The van der Waals surface area contributed by atoms with E-state index in [-0.39, 0.29) is 5.54 Å². The summed E-state index contributed by atoms with van der Waals surface area (Å²) in [4.78, 5) is 5.33. The summed E-state index contributed by atoms with van der Waals surface area (Å²) >= 11 is 1.69. The van der Waals surface area contributed by atoms with Crippen LogP contribution in [0.15, 0.2) is 11.7 Å². The van der Waals surface area contributed by atoms with E-state index in [1.54, 1.807) is 11.3 Å². The third-order valence-electron chi connectivity index (χ3n) is 2.00. The van der Waals surface area contributed by atoms with Gasteiger partial charge >= 0.3 is 0 Å². The van der Waals surface area contributed by atoms with Crippen molar-refractivity contribution in [2.75, 3.05) is 13.1 Å². The fourth-order valence-electron chi connectivity index (χ4n) is 1.37. The molecule has 1 aromatic heterocycles. The van der Waals surface area contributed by atoms with Gasteiger partial charge in [-0.3, -0.25) is 4.98 Å². The van der Waals surface area contributed by atoms with E-state index in [1.165, 1.54) is 4.88 Å². The largest absolute Gasteiger partial charge is 0.311 e. The van der Waals surface area contributed by atoms with Gasteiger partial charge in [-0.1, -0.05) is 6.92 Å². The van der Waals surface area contributed by atoms with E-state index < -0.39 is 0 Å². The van der Waals surface area contributed by atoms with Gasteiger partial charge in [0.25, 0.3) is 0 Å². The van der Waals surface area contributed by atoms with E-state index in [9.17, 15) is 0 Å². The third kappa shape index (κ3) is 4.17. The molecule has 14 heavy (non-hydrogen) atoms. The second-order valence-electron chi connectivity index (χ2n) is 3.99. The van der Waals surface area contributed by atoms with Crippen molar-refractivity contribution in [3.63, 3.8) is 0 Å². The fourth-order valence-corrected chi connectivity index (χ4v) is 1.93. The molecule has 0 aromatic carbocycles. The van der Waals surface area contributed by atoms with Gasteiger partial charge in [-0.15, -0.1) is 11.3 Å². The van der Waals surface area contributed by atoms with E-state index in [1.807, 2.05) is 11.7 Å². The van der Waals surface area contributed by atoms with Crippen LogP contribution in [0, 0.1) is 0 Å². The maximum atomic E-state index is 4.04. The second kappa shape index (κ2) is 5.44. The third-order valence-corrected chi connectivity index (χ3v) is 2.78. The normalized spacial score (nSPS) is 11.9. The lowest BCUT2D eigenvalue weighted by atomic mass is 10.1. The summed E-state index contributed by atoms with van der Waals surface area (Å²) in [5.74, 6) is 0. The van der Waals surface area contributed by atoms with Gasteiger partial charge in [-0.05, 0) is 20.4 Å². The average molecular weight is 213 g/mol. The first kappa shape index (κ1) is 11.6. The van der Waals surface area contributed by atoms with Crippen LogP contribution in [-0.4, -0.2) is 23.6 Å². The topological polar surface area (TPSA) is 37.0 Å². The number of thiazole rings is 1. The summed E-state index contributed by atoms with van der Waals surface area (Å²) in [5, 5.41) is 6.85. The van der Waals surface area contributed by atoms with Gasteiger partial charge in [0.05, 0.1) is 5.51 Å². The predicted octanol–water partition coefficient (Wildman–Crippen LogP) is 1.62. The van der Waals surface area contributed by atoms with E-state index in [2.05, 4.69) is 36.4 Å². The molecule has 0 saturated heterocycles. The molecule has 0 spiro atoms. The molecule has 1 heterocycles. The molecule has 2 N–H and O–H groups in total. The number of rotatable bonds is 6. The Bertz CT molecular complexity index is 244. The summed E-state index contributed by atoms with van der Waals surface area (Å²) in [6.45, 7) is 9.44.